The van der Waals surface area contributed by atoms with E-state index >= 15 is 0 Å². The first-order chi connectivity index (χ1) is 14.1. The average Bonchev–Trinajstić information content (AvgIpc) is 3.12. The number of carboxylic acid groups (broad SMARTS) is 1. The minimum Gasteiger partial charge on any atom is -0.481 e. The normalized spacial score (nSPS) is 19.6. The van der Waals surface area contributed by atoms with Crippen molar-refractivity contribution in [1.29, 1.82) is 0 Å². The van der Waals surface area contributed by atoms with Crippen LogP contribution in [-0.4, -0.2) is 54.5 Å². The van der Waals surface area contributed by atoms with E-state index in [0.717, 1.165) is 43.4 Å². The van der Waals surface area contributed by atoms with Crippen LogP contribution in [0.15, 0.2) is 10.4 Å². The topological polar surface area (TPSA) is 129 Å². The third-order valence-electron chi connectivity index (χ3n) is 5.23. The first kappa shape index (κ1) is 24.5. The number of carbonyl (C=O) groups is 2. The molecule has 0 unspecified atom stereocenters. The maximum absolute atomic E-state index is 13.0. The van der Waals surface area contributed by atoms with Crippen LogP contribution in [0.2, 0.25) is 0 Å². The molecule has 0 aromatic carbocycles. The Bertz CT molecular complexity index is 817. The van der Waals surface area contributed by atoms with Crippen LogP contribution in [0.5, 0.6) is 0 Å². The molecule has 0 aliphatic heterocycles. The van der Waals surface area contributed by atoms with Crippen molar-refractivity contribution < 1.29 is 23.1 Å². The van der Waals surface area contributed by atoms with Crippen LogP contribution < -0.4 is 10.0 Å². The fourth-order valence-electron chi connectivity index (χ4n) is 3.37. The Hall–Kier alpha value is -1.72. The van der Waals surface area contributed by atoms with Crippen molar-refractivity contribution in [2.24, 2.45) is 11.8 Å². The molecule has 0 bridgehead atoms. The molecule has 1 heterocycles. The molecule has 0 saturated heterocycles. The molecule has 2 rings (SSSR count). The first-order valence-corrected chi connectivity index (χ1v) is 12.6. The summed E-state index contributed by atoms with van der Waals surface area (Å²) in [7, 11) is -3.86. The highest BCUT2D eigenvalue weighted by atomic mass is 32.2. The van der Waals surface area contributed by atoms with Gasteiger partial charge in [0.2, 0.25) is 0 Å². The van der Waals surface area contributed by atoms with Crippen LogP contribution >= 0.6 is 11.3 Å². The molecule has 11 heteroatoms. The molecule has 0 spiro atoms. The zero-order valence-electron chi connectivity index (χ0n) is 17.8. The first-order valence-electron chi connectivity index (χ1n) is 10.3. The van der Waals surface area contributed by atoms with E-state index in [1.54, 1.807) is 0 Å². The van der Waals surface area contributed by atoms with E-state index in [-0.39, 0.29) is 34.4 Å². The van der Waals surface area contributed by atoms with Gasteiger partial charge in [-0.2, -0.15) is 0 Å². The van der Waals surface area contributed by atoms with Crippen LogP contribution in [0.3, 0.4) is 0 Å². The van der Waals surface area contributed by atoms with Crippen molar-refractivity contribution >= 4 is 38.5 Å². The average molecular weight is 461 g/mol. The molecule has 3 N–H and O–H groups in total. The number of sulfonamides is 1. The number of rotatable bonds is 10. The Labute approximate surface area is 182 Å². The zero-order chi connectivity index (χ0) is 22.3. The fourth-order valence-corrected chi connectivity index (χ4v) is 5.47. The lowest BCUT2D eigenvalue weighted by atomic mass is 9.86. The summed E-state index contributed by atoms with van der Waals surface area (Å²) in [5, 5.41) is 11.6. The van der Waals surface area contributed by atoms with E-state index in [1.165, 1.54) is 6.20 Å². The number of urea groups is 1. The summed E-state index contributed by atoms with van der Waals surface area (Å²) in [6, 6.07) is -0.0758. The number of anilines is 1. The van der Waals surface area contributed by atoms with Crippen molar-refractivity contribution in [3.8, 4) is 0 Å². The van der Waals surface area contributed by atoms with Crippen molar-refractivity contribution in [3.63, 3.8) is 0 Å². The van der Waals surface area contributed by atoms with Crippen molar-refractivity contribution in [1.82, 2.24) is 14.6 Å². The second-order valence-corrected chi connectivity index (χ2v) is 11.3. The van der Waals surface area contributed by atoms with Crippen LogP contribution in [-0.2, 0) is 14.8 Å². The van der Waals surface area contributed by atoms with Gasteiger partial charge in [-0.1, -0.05) is 32.1 Å². The van der Waals surface area contributed by atoms with Crippen LogP contribution in [0.1, 0.15) is 59.3 Å². The van der Waals surface area contributed by atoms with Crippen molar-refractivity contribution in [3.05, 3.63) is 6.20 Å². The molecule has 0 atom stereocenters. The molecule has 170 valence electrons. The number of hydrogen-bond acceptors (Lipinski definition) is 6. The highest BCUT2D eigenvalue weighted by Crippen LogP contribution is 2.29. The molecule has 30 heavy (non-hydrogen) atoms. The van der Waals surface area contributed by atoms with Gasteiger partial charge in [0.15, 0.2) is 9.34 Å². The number of amides is 2. The quantitative estimate of drug-likeness (QED) is 0.491. The zero-order valence-corrected chi connectivity index (χ0v) is 19.4. The number of aliphatic carboxylic acids is 1. The molecule has 1 aliphatic rings. The number of carbonyl (C=O) groups excluding carboxylic acids is 1. The lowest BCUT2D eigenvalue weighted by Gasteiger charge is -2.36. The highest BCUT2D eigenvalue weighted by molar-refractivity contribution is 7.91. The van der Waals surface area contributed by atoms with E-state index in [0.29, 0.717) is 18.4 Å². The number of aromatic nitrogens is 1. The van der Waals surface area contributed by atoms with Crippen LogP contribution in [0, 0.1) is 11.8 Å². The molecule has 1 aromatic heterocycles. The number of nitrogens with one attached hydrogen (secondary N) is 2. The number of thiazole rings is 1. The minimum atomic E-state index is -3.86. The maximum atomic E-state index is 13.0. The Morgan fingerprint density at radius 3 is 2.57 bits per heavy atom. The third-order valence-corrected chi connectivity index (χ3v) is 8.06. The van der Waals surface area contributed by atoms with Gasteiger partial charge in [-0.25, -0.2) is 22.9 Å². The Morgan fingerprint density at radius 1 is 1.30 bits per heavy atom. The Balaban J connectivity index is 2.03. The summed E-state index contributed by atoms with van der Waals surface area (Å²) in [5.74, 6) is 0.0569. The summed E-state index contributed by atoms with van der Waals surface area (Å²) in [4.78, 5) is 29.4. The van der Waals surface area contributed by atoms with Gasteiger partial charge < -0.3 is 10.0 Å². The molecule has 2 amide bonds. The molecule has 1 saturated carbocycles. The standard InChI is InChI=1S/C19H32N4O5S2/c1-13(2)9-11-23(15-6-4-14(3)5-7-15)19(26)22-18-20-12-17(29-18)30(27,28)21-10-8-16(24)25/h12-15,21H,4-11H2,1-3H3,(H,24,25)(H,20,22,26). The monoisotopic (exact) mass is 460 g/mol. The van der Waals surface area contributed by atoms with E-state index in [4.69, 9.17) is 5.11 Å². The largest absolute Gasteiger partial charge is 0.481 e. The van der Waals surface area contributed by atoms with Gasteiger partial charge in [0.1, 0.15) is 0 Å². The van der Waals surface area contributed by atoms with Crippen molar-refractivity contribution in [2.45, 2.75) is 69.5 Å². The van der Waals surface area contributed by atoms with Gasteiger partial charge in [-0.3, -0.25) is 10.1 Å². The Kier molecular flexibility index (Phi) is 9.05. The van der Waals surface area contributed by atoms with Gasteiger partial charge in [0, 0.05) is 19.1 Å². The Morgan fingerprint density at radius 2 is 1.97 bits per heavy atom. The number of hydrogen-bond donors (Lipinski definition) is 3. The molecule has 1 fully saturated rings. The van der Waals surface area contributed by atoms with Gasteiger partial charge in [0.25, 0.3) is 10.0 Å². The third kappa shape index (κ3) is 7.51. The summed E-state index contributed by atoms with van der Waals surface area (Å²) in [6.07, 6.45) is 5.88. The van der Waals surface area contributed by atoms with Gasteiger partial charge in [-0.15, -0.1) is 0 Å². The maximum Gasteiger partial charge on any atom is 0.323 e. The summed E-state index contributed by atoms with van der Waals surface area (Å²) >= 11 is 0.848. The highest BCUT2D eigenvalue weighted by Gasteiger charge is 2.28. The van der Waals surface area contributed by atoms with Gasteiger partial charge >= 0.3 is 12.0 Å². The van der Waals surface area contributed by atoms with E-state index in [2.05, 4.69) is 35.8 Å². The second-order valence-electron chi connectivity index (χ2n) is 8.25. The van der Waals surface area contributed by atoms with E-state index in [1.807, 2.05) is 4.90 Å². The second kappa shape index (κ2) is 11.1. The molecular weight excluding hydrogens is 428 g/mol. The van der Waals surface area contributed by atoms with Gasteiger partial charge in [-0.05, 0) is 43.9 Å². The molecule has 1 aliphatic carbocycles. The molecule has 1 aromatic rings. The molecular formula is C19H32N4O5S2. The minimum absolute atomic E-state index is 0.0663. The number of nitrogens with zero attached hydrogens (tertiary/aromatic N) is 2. The fraction of sp³-hybridized carbons (Fsp3) is 0.737. The van der Waals surface area contributed by atoms with Gasteiger partial charge in [0.05, 0.1) is 12.6 Å². The lowest BCUT2D eigenvalue weighted by molar-refractivity contribution is -0.136. The van der Waals surface area contributed by atoms with Crippen LogP contribution in [0.4, 0.5) is 9.93 Å². The lowest BCUT2D eigenvalue weighted by Crippen LogP contribution is -2.45. The SMILES string of the molecule is CC(C)CCN(C(=O)Nc1ncc(S(=O)(=O)NCCC(=O)O)s1)C1CCC(C)CC1. The van der Waals surface area contributed by atoms with E-state index < -0.39 is 16.0 Å². The van der Waals surface area contributed by atoms with Crippen LogP contribution in [0.25, 0.3) is 0 Å². The smallest absolute Gasteiger partial charge is 0.323 e. The summed E-state index contributed by atoms with van der Waals surface area (Å²) in [5.41, 5.74) is 0. The molecule has 9 nitrogen and oxygen atoms in total. The summed E-state index contributed by atoms with van der Waals surface area (Å²) < 4.78 is 26.6. The molecule has 0 radical (unpaired) electrons. The van der Waals surface area contributed by atoms with Crippen molar-refractivity contribution in [2.75, 3.05) is 18.4 Å². The summed E-state index contributed by atoms with van der Waals surface area (Å²) in [6.45, 7) is 6.91. The number of carboxylic acids is 1. The predicted octanol–water partition coefficient (Wildman–Crippen LogP) is 3.35. The predicted molar refractivity (Wildman–Crippen MR) is 116 cm³/mol. The van der Waals surface area contributed by atoms with E-state index in [9.17, 15) is 18.0 Å².